The molecule has 5 heterocycles. The smallest absolute Gasteiger partial charge is 0.471 e. The minimum absolute atomic E-state index is 0.0934. The fraction of sp³-hybridized carbons (Fsp3) is 0.441. The number of anilines is 3. The number of ether oxygens (including phenoxy) is 3. The number of hydrogen-bond donors (Lipinski definition) is 1. The lowest BCUT2D eigenvalue weighted by atomic mass is 9.86. The van der Waals surface area contributed by atoms with E-state index in [-0.39, 0.29) is 43.0 Å². The SMILES string of the molecule is CCOC(=O)CNc1ccc(-c2noc(C(F)(F)F)n2)nc1C1CCN(c2ncnc3c2C(C)(C)C(=O)N3Cc2ccc(OC)cc2OC)CC1. The van der Waals surface area contributed by atoms with Crippen LogP contribution in [0.25, 0.3) is 11.5 Å². The monoisotopic (exact) mass is 710 g/mol. The lowest BCUT2D eigenvalue weighted by molar-refractivity contribution is -0.159. The van der Waals surface area contributed by atoms with Gasteiger partial charge in [0.2, 0.25) is 11.7 Å². The predicted molar refractivity (Wildman–Crippen MR) is 178 cm³/mol. The van der Waals surface area contributed by atoms with Gasteiger partial charge in [-0.05, 0) is 57.9 Å². The third kappa shape index (κ3) is 6.96. The first-order valence-electron chi connectivity index (χ1n) is 16.3. The van der Waals surface area contributed by atoms with Gasteiger partial charge in [0.05, 0.1) is 49.7 Å². The van der Waals surface area contributed by atoms with Crippen LogP contribution in [0.2, 0.25) is 0 Å². The molecule has 0 spiro atoms. The van der Waals surface area contributed by atoms with Crippen molar-refractivity contribution in [3.63, 3.8) is 0 Å². The molecule has 0 saturated carbocycles. The number of nitrogens with zero attached hydrogens (tertiary/aromatic N) is 7. The Morgan fingerprint density at radius 1 is 1.06 bits per heavy atom. The average molecular weight is 711 g/mol. The van der Waals surface area contributed by atoms with Crippen molar-refractivity contribution in [1.82, 2.24) is 25.1 Å². The molecule has 2 aliphatic heterocycles. The molecule has 14 nitrogen and oxygen atoms in total. The summed E-state index contributed by atoms with van der Waals surface area (Å²) in [5.74, 6) is -0.154. The topological polar surface area (TPSA) is 158 Å². The highest BCUT2D eigenvalue weighted by Gasteiger charge is 2.48. The second-order valence-electron chi connectivity index (χ2n) is 12.6. The molecule has 4 aromatic rings. The van der Waals surface area contributed by atoms with E-state index in [0.29, 0.717) is 60.4 Å². The van der Waals surface area contributed by atoms with E-state index in [9.17, 15) is 22.8 Å². The van der Waals surface area contributed by atoms with Crippen LogP contribution in [0.5, 0.6) is 11.5 Å². The summed E-state index contributed by atoms with van der Waals surface area (Å²) in [6, 6.07) is 8.53. The molecule has 17 heteroatoms. The second kappa shape index (κ2) is 14.0. The number of hydrogen-bond acceptors (Lipinski definition) is 13. The Balaban J connectivity index is 1.26. The number of esters is 1. The van der Waals surface area contributed by atoms with Crippen molar-refractivity contribution in [3.05, 3.63) is 59.4 Å². The maximum Gasteiger partial charge on any atom is 0.471 e. The standard InChI is InChI=1S/C34H37F3N8O6/c1-6-50-25(46)16-38-22-9-10-23(28-42-31(51-43-28)34(35,36)37)41-27(22)19-11-13-44(14-12-19)29-26-30(40-18-39-29)45(32(47)33(26,2)3)17-20-7-8-21(48-4)15-24(20)49-5/h7-10,15,18-19,38H,6,11-14,16-17H2,1-5H3. The van der Waals surface area contributed by atoms with Gasteiger partial charge in [-0.3, -0.25) is 14.5 Å². The van der Waals surface area contributed by atoms with Gasteiger partial charge in [-0.25, -0.2) is 15.0 Å². The molecule has 1 saturated heterocycles. The molecule has 0 bridgehead atoms. The van der Waals surface area contributed by atoms with E-state index in [1.165, 1.54) is 12.4 Å². The van der Waals surface area contributed by atoms with E-state index in [2.05, 4.69) is 39.8 Å². The molecule has 3 aromatic heterocycles. The fourth-order valence-electron chi connectivity index (χ4n) is 6.46. The van der Waals surface area contributed by atoms with Crippen LogP contribution < -0.4 is 24.6 Å². The second-order valence-corrected chi connectivity index (χ2v) is 12.6. The minimum Gasteiger partial charge on any atom is -0.497 e. The van der Waals surface area contributed by atoms with Crippen LogP contribution in [0.15, 0.2) is 41.2 Å². The molecule has 0 aliphatic carbocycles. The Morgan fingerprint density at radius 2 is 1.80 bits per heavy atom. The van der Waals surface area contributed by atoms with Gasteiger partial charge in [0.15, 0.2) is 0 Å². The molecular formula is C34H37F3N8O6. The Kier molecular flexibility index (Phi) is 9.73. The average Bonchev–Trinajstić information content (AvgIpc) is 3.70. The number of fused-ring (bicyclic) bond motifs is 1. The van der Waals surface area contributed by atoms with Crippen molar-refractivity contribution in [2.75, 3.05) is 55.6 Å². The number of benzene rings is 1. The molecular weight excluding hydrogens is 673 g/mol. The highest BCUT2D eigenvalue weighted by Crippen LogP contribution is 2.47. The van der Waals surface area contributed by atoms with E-state index in [0.717, 1.165) is 11.1 Å². The Labute approximate surface area is 291 Å². The first kappa shape index (κ1) is 35.3. The van der Waals surface area contributed by atoms with Crippen molar-refractivity contribution < 1.29 is 41.5 Å². The van der Waals surface area contributed by atoms with Crippen LogP contribution in [0.3, 0.4) is 0 Å². The molecule has 2 aliphatic rings. The molecule has 0 radical (unpaired) electrons. The third-order valence-electron chi connectivity index (χ3n) is 9.02. The zero-order chi connectivity index (χ0) is 36.5. The number of piperidine rings is 1. The summed E-state index contributed by atoms with van der Waals surface area (Å²) in [5, 5.41) is 6.55. The van der Waals surface area contributed by atoms with Gasteiger partial charge in [0.1, 0.15) is 41.7 Å². The minimum atomic E-state index is -4.80. The summed E-state index contributed by atoms with van der Waals surface area (Å²) in [4.78, 5) is 47.2. The maximum absolute atomic E-state index is 13.9. The van der Waals surface area contributed by atoms with Crippen molar-refractivity contribution in [3.8, 4) is 23.0 Å². The zero-order valence-electron chi connectivity index (χ0n) is 28.7. The number of rotatable bonds is 11. The van der Waals surface area contributed by atoms with Crippen LogP contribution in [0.1, 0.15) is 62.2 Å². The summed E-state index contributed by atoms with van der Waals surface area (Å²) in [7, 11) is 3.13. The van der Waals surface area contributed by atoms with Gasteiger partial charge in [0.25, 0.3) is 0 Å². The van der Waals surface area contributed by atoms with Gasteiger partial charge in [-0.2, -0.15) is 18.2 Å². The van der Waals surface area contributed by atoms with Gasteiger partial charge in [-0.15, -0.1) is 0 Å². The largest absolute Gasteiger partial charge is 0.497 e. The summed E-state index contributed by atoms with van der Waals surface area (Å²) in [6.45, 7) is 6.78. The van der Waals surface area contributed by atoms with Gasteiger partial charge < -0.3 is 29.0 Å². The maximum atomic E-state index is 13.9. The number of alkyl halides is 3. The van der Waals surface area contributed by atoms with Crippen LogP contribution in [0.4, 0.5) is 30.5 Å². The van der Waals surface area contributed by atoms with Crippen molar-refractivity contribution in [2.24, 2.45) is 0 Å². The van der Waals surface area contributed by atoms with Crippen LogP contribution in [-0.2, 0) is 32.5 Å². The Morgan fingerprint density at radius 3 is 2.47 bits per heavy atom. The van der Waals surface area contributed by atoms with Gasteiger partial charge in [-0.1, -0.05) is 5.16 Å². The summed E-state index contributed by atoms with van der Waals surface area (Å²) in [5.41, 5.74) is 1.74. The van der Waals surface area contributed by atoms with E-state index >= 15 is 0 Å². The first-order chi connectivity index (χ1) is 24.3. The number of amides is 1. The van der Waals surface area contributed by atoms with Gasteiger partial charge in [0, 0.05) is 30.6 Å². The number of pyridine rings is 1. The van der Waals surface area contributed by atoms with Crippen LogP contribution in [-0.4, -0.2) is 77.4 Å². The Bertz CT molecular complexity index is 1930. The number of halogens is 3. The molecule has 1 fully saturated rings. The molecule has 0 unspecified atom stereocenters. The molecule has 6 rings (SSSR count). The highest BCUT2D eigenvalue weighted by molar-refractivity contribution is 6.08. The van der Waals surface area contributed by atoms with Crippen molar-refractivity contribution >= 4 is 29.2 Å². The summed E-state index contributed by atoms with van der Waals surface area (Å²) in [6.07, 6.45) is -2.20. The number of methoxy groups -OCH3 is 2. The quantitative estimate of drug-likeness (QED) is 0.204. The molecule has 51 heavy (non-hydrogen) atoms. The number of carbonyl (C=O) groups is 2. The predicted octanol–water partition coefficient (Wildman–Crippen LogP) is 5.14. The lowest BCUT2D eigenvalue weighted by Crippen LogP contribution is -2.38. The van der Waals surface area contributed by atoms with E-state index in [1.807, 2.05) is 26.0 Å². The van der Waals surface area contributed by atoms with E-state index in [1.54, 1.807) is 38.2 Å². The highest BCUT2D eigenvalue weighted by atomic mass is 19.4. The normalized spacial score (nSPS) is 15.9. The number of nitrogens with one attached hydrogen (secondary N) is 1. The van der Waals surface area contributed by atoms with Crippen molar-refractivity contribution in [2.45, 2.75) is 57.7 Å². The van der Waals surface area contributed by atoms with Crippen molar-refractivity contribution in [1.29, 1.82) is 0 Å². The third-order valence-corrected chi connectivity index (χ3v) is 9.02. The first-order valence-corrected chi connectivity index (χ1v) is 16.3. The van der Waals surface area contributed by atoms with E-state index in [4.69, 9.17) is 14.2 Å². The van der Waals surface area contributed by atoms with Gasteiger partial charge >= 0.3 is 18.0 Å². The van der Waals surface area contributed by atoms with E-state index < -0.39 is 23.5 Å². The molecule has 1 amide bonds. The van der Waals surface area contributed by atoms with Crippen LogP contribution >= 0.6 is 0 Å². The summed E-state index contributed by atoms with van der Waals surface area (Å²) < 4.78 is 59.9. The summed E-state index contributed by atoms with van der Waals surface area (Å²) >= 11 is 0. The van der Waals surface area contributed by atoms with Crippen LogP contribution in [0, 0.1) is 0 Å². The lowest BCUT2D eigenvalue weighted by Gasteiger charge is -2.35. The Hall–Kier alpha value is -5.48. The number of aromatic nitrogens is 5. The number of carbonyl (C=O) groups excluding carboxylic acids is 2. The molecule has 270 valence electrons. The fourth-order valence-corrected chi connectivity index (χ4v) is 6.46. The molecule has 1 aromatic carbocycles. The zero-order valence-corrected chi connectivity index (χ0v) is 28.7. The molecule has 0 atom stereocenters. The molecule has 1 N–H and O–H groups in total.